The molecule has 0 aliphatic heterocycles. The van der Waals surface area contributed by atoms with Crippen molar-refractivity contribution in [1.29, 1.82) is 0 Å². The third-order valence-electron chi connectivity index (χ3n) is 4.35. The molecule has 0 fully saturated rings. The second-order valence-corrected chi connectivity index (χ2v) is 7.57. The first-order chi connectivity index (χ1) is 12.9. The van der Waals surface area contributed by atoms with Crippen LogP contribution in [0.25, 0.3) is 0 Å². The molecule has 0 saturated heterocycles. The van der Waals surface area contributed by atoms with Gasteiger partial charge in [0, 0.05) is 12.1 Å². The zero-order valence-electron chi connectivity index (χ0n) is 16.0. The molecule has 0 aliphatic carbocycles. The van der Waals surface area contributed by atoms with Gasteiger partial charge in [-0.15, -0.1) is 0 Å². The van der Waals surface area contributed by atoms with E-state index >= 15 is 0 Å². The van der Waals surface area contributed by atoms with Gasteiger partial charge < -0.3 is 10.1 Å². The van der Waals surface area contributed by atoms with E-state index in [2.05, 4.69) is 50.4 Å². The minimum Gasteiger partial charge on any atom is -0.457 e. The third kappa shape index (κ3) is 5.20. The van der Waals surface area contributed by atoms with Gasteiger partial charge in [0.2, 0.25) is 0 Å². The Hall–Kier alpha value is -3.07. The number of benzene rings is 3. The fourth-order valence-corrected chi connectivity index (χ4v) is 2.73. The van der Waals surface area contributed by atoms with Crippen molar-refractivity contribution in [3.05, 3.63) is 95.6 Å². The van der Waals surface area contributed by atoms with Gasteiger partial charge in [0.05, 0.1) is 0 Å². The van der Waals surface area contributed by atoms with Gasteiger partial charge in [-0.05, 0) is 46.9 Å². The Morgan fingerprint density at radius 3 is 2.19 bits per heavy atom. The Morgan fingerprint density at radius 1 is 0.852 bits per heavy atom. The van der Waals surface area contributed by atoms with Gasteiger partial charge in [-0.1, -0.05) is 69.3 Å². The summed E-state index contributed by atoms with van der Waals surface area (Å²) in [6.45, 7) is 7.06. The van der Waals surface area contributed by atoms with E-state index < -0.39 is 0 Å². The highest BCUT2D eigenvalue weighted by atomic mass is 16.5. The summed E-state index contributed by atoms with van der Waals surface area (Å²) in [7, 11) is 0. The molecule has 0 saturated carbocycles. The SMILES string of the molecule is CC(C)(C)c1ccc(CNC(=O)c2cccc(Oc3ccccc3)c2)cc1. The molecule has 0 bridgehead atoms. The molecule has 3 aromatic rings. The van der Waals surface area contributed by atoms with Crippen LogP contribution in [0.5, 0.6) is 11.5 Å². The van der Waals surface area contributed by atoms with Crippen LogP contribution in [0.2, 0.25) is 0 Å². The lowest BCUT2D eigenvalue weighted by atomic mass is 9.87. The summed E-state index contributed by atoms with van der Waals surface area (Å²) in [6, 6.07) is 25.1. The van der Waals surface area contributed by atoms with E-state index in [1.165, 1.54) is 5.56 Å². The van der Waals surface area contributed by atoms with Crippen LogP contribution in [0.1, 0.15) is 42.3 Å². The Morgan fingerprint density at radius 2 is 1.52 bits per heavy atom. The van der Waals surface area contributed by atoms with Crippen molar-refractivity contribution in [2.75, 3.05) is 0 Å². The zero-order chi connectivity index (χ0) is 19.3. The highest BCUT2D eigenvalue weighted by molar-refractivity contribution is 5.94. The topological polar surface area (TPSA) is 38.3 Å². The van der Waals surface area contributed by atoms with E-state index in [1.54, 1.807) is 12.1 Å². The van der Waals surface area contributed by atoms with Crippen molar-refractivity contribution >= 4 is 5.91 Å². The van der Waals surface area contributed by atoms with E-state index in [0.717, 1.165) is 11.3 Å². The average Bonchev–Trinajstić information content (AvgIpc) is 2.67. The first-order valence-corrected chi connectivity index (χ1v) is 9.12. The molecule has 3 heteroatoms. The number of carbonyl (C=O) groups excluding carboxylic acids is 1. The maximum absolute atomic E-state index is 12.5. The predicted octanol–water partition coefficient (Wildman–Crippen LogP) is 5.71. The first-order valence-electron chi connectivity index (χ1n) is 9.12. The Balaban J connectivity index is 1.62. The van der Waals surface area contributed by atoms with Gasteiger partial charge in [0.15, 0.2) is 0 Å². The van der Waals surface area contributed by atoms with E-state index in [9.17, 15) is 4.79 Å². The molecule has 0 atom stereocenters. The summed E-state index contributed by atoms with van der Waals surface area (Å²) < 4.78 is 5.80. The summed E-state index contributed by atoms with van der Waals surface area (Å²) in [5.41, 5.74) is 3.06. The predicted molar refractivity (Wildman–Crippen MR) is 109 cm³/mol. The van der Waals surface area contributed by atoms with Crippen molar-refractivity contribution in [3.8, 4) is 11.5 Å². The van der Waals surface area contributed by atoms with Gasteiger partial charge in [-0.25, -0.2) is 0 Å². The van der Waals surface area contributed by atoms with Crippen LogP contribution in [0, 0.1) is 0 Å². The molecule has 138 valence electrons. The fourth-order valence-electron chi connectivity index (χ4n) is 2.73. The molecule has 0 spiro atoms. The van der Waals surface area contributed by atoms with Gasteiger partial charge in [-0.2, -0.15) is 0 Å². The van der Waals surface area contributed by atoms with Crippen LogP contribution in [-0.4, -0.2) is 5.91 Å². The van der Waals surface area contributed by atoms with E-state index in [-0.39, 0.29) is 11.3 Å². The maximum Gasteiger partial charge on any atom is 0.251 e. The van der Waals surface area contributed by atoms with E-state index in [4.69, 9.17) is 4.74 Å². The minimum absolute atomic E-state index is 0.117. The summed E-state index contributed by atoms with van der Waals surface area (Å²) >= 11 is 0. The number of nitrogens with one attached hydrogen (secondary N) is 1. The smallest absolute Gasteiger partial charge is 0.251 e. The normalized spacial score (nSPS) is 11.1. The van der Waals surface area contributed by atoms with Crippen LogP contribution in [-0.2, 0) is 12.0 Å². The largest absolute Gasteiger partial charge is 0.457 e. The van der Waals surface area contributed by atoms with Crippen LogP contribution in [0.4, 0.5) is 0 Å². The van der Waals surface area contributed by atoms with Gasteiger partial charge >= 0.3 is 0 Å². The summed E-state index contributed by atoms with van der Waals surface area (Å²) in [5.74, 6) is 1.27. The standard InChI is InChI=1S/C24H25NO2/c1-24(2,3)20-14-12-18(13-15-20)17-25-23(26)19-8-7-11-22(16-19)27-21-9-5-4-6-10-21/h4-16H,17H2,1-3H3,(H,25,26). The number of amides is 1. The molecule has 0 heterocycles. The molecule has 1 amide bonds. The molecule has 0 radical (unpaired) electrons. The quantitative estimate of drug-likeness (QED) is 0.634. The molecule has 27 heavy (non-hydrogen) atoms. The highest BCUT2D eigenvalue weighted by Gasteiger charge is 2.13. The van der Waals surface area contributed by atoms with Crippen molar-refractivity contribution < 1.29 is 9.53 Å². The van der Waals surface area contributed by atoms with Crippen LogP contribution in [0.3, 0.4) is 0 Å². The van der Waals surface area contributed by atoms with Crippen molar-refractivity contribution in [3.63, 3.8) is 0 Å². The highest BCUT2D eigenvalue weighted by Crippen LogP contribution is 2.23. The number of ether oxygens (including phenoxy) is 1. The summed E-state index contributed by atoms with van der Waals surface area (Å²) in [5, 5.41) is 2.97. The van der Waals surface area contributed by atoms with Crippen molar-refractivity contribution in [1.82, 2.24) is 5.32 Å². The van der Waals surface area contributed by atoms with Gasteiger partial charge in [0.25, 0.3) is 5.91 Å². The van der Waals surface area contributed by atoms with Crippen LogP contribution >= 0.6 is 0 Å². The van der Waals surface area contributed by atoms with Gasteiger partial charge in [0.1, 0.15) is 11.5 Å². The Labute approximate surface area is 161 Å². The lowest BCUT2D eigenvalue weighted by molar-refractivity contribution is 0.0950. The Kier molecular flexibility index (Phi) is 5.60. The second kappa shape index (κ2) is 8.09. The summed E-state index contributed by atoms with van der Waals surface area (Å²) in [6.07, 6.45) is 0. The van der Waals surface area contributed by atoms with Gasteiger partial charge in [-0.3, -0.25) is 4.79 Å². The van der Waals surface area contributed by atoms with Crippen LogP contribution < -0.4 is 10.1 Å². The lowest BCUT2D eigenvalue weighted by Crippen LogP contribution is -2.22. The molecule has 3 rings (SSSR count). The molecule has 3 aromatic carbocycles. The first kappa shape index (κ1) is 18.7. The van der Waals surface area contributed by atoms with Crippen molar-refractivity contribution in [2.24, 2.45) is 0 Å². The second-order valence-electron chi connectivity index (χ2n) is 7.57. The molecular weight excluding hydrogens is 334 g/mol. The summed E-state index contributed by atoms with van der Waals surface area (Å²) in [4.78, 5) is 12.5. The number of hydrogen-bond acceptors (Lipinski definition) is 2. The maximum atomic E-state index is 12.5. The number of carbonyl (C=O) groups is 1. The number of para-hydroxylation sites is 1. The average molecular weight is 359 g/mol. The zero-order valence-corrected chi connectivity index (χ0v) is 16.0. The lowest BCUT2D eigenvalue weighted by Gasteiger charge is -2.19. The minimum atomic E-state index is -0.117. The van der Waals surface area contributed by atoms with Crippen molar-refractivity contribution in [2.45, 2.75) is 32.7 Å². The molecular formula is C24H25NO2. The Bertz CT molecular complexity index is 894. The third-order valence-corrected chi connectivity index (χ3v) is 4.35. The molecule has 1 N–H and O–H groups in total. The molecule has 0 aromatic heterocycles. The molecule has 3 nitrogen and oxygen atoms in total. The van der Waals surface area contributed by atoms with E-state index in [1.807, 2.05) is 42.5 Å². The molecule has 0 aliphatic rings. The molecule has 0 unspecified atom stereocenters. The fraction of sp³-hybridized carbons (Fsp3) is 0.208. The number of rotatable bonds is 5. The van der Waals surface area contributed by atoms with Crippen LogP contribution in [0.15, 0.2) is 78.9 Å². The van der Waals surface area contributed by atoms with E-state index in [0.29, 0.717) is 17.9 Å². The monoisotopic (exact) mass is 359 g/mol. The number of hydrogen-bond donors (Lipinski definition) is 1.